The number of piperazine rings is 1. The monoisotopic (exact) mass is 346 g/mol. The second kappa shape index (κ2) is 5.95. The van der Waals surface area contributed by atoms with Crippen molar-refractivity contribution in [3.63, 3.8) is 0 Å². The van der Waals surface area contributed by atoms with Crippen LogP contribution in [-0.4, -0.2) is 50.7 Å². The molecular weight excluding hydrogens is 328 g/mol. The van der Waals surface area contributed by atoms with Gasteiger partial charge in [0.15, 0.2) is 17.0 Å². The quantitative estimate of drug-likeness (QED) is 0.714. The van der Waals surface area contributed by atoms with E-state index in [0.717, 1.165) is 49.0 Å². The predicted octanol–water partition coefficient (Wildman–Crippen LogP) is 1.75. The Morgan fingerprint density at radius 2 is 1.77 bits per heavy atom. The molecule has 0 aromatic carbocycles. The third-order valence-electron chi connectivity index (χ3n) is 5.06. The lowest BCUT2D eigenvalue weighted by molar-refractivity contribution is 0.642. The SMILES string of the molecule is N#Cc1ccc(N2CCN(c3ncnc4c3ncn4C3CC3)CC2)nc1. The maximum absolute atomic E-state index is 8.90. The van der Waals surface area contributed by atoms with E-state index in [9.17, 15) is 0 Å². The third kappa shape index (κ3) is 2.52. The van der Waals surface area contributed by atoms with Crippen molar-refractivity contribution >= 4 is 22.8 Å². The summed E-state index contributed by atoms with van der Waals surface area (Å²) in [5.41, 5.74) is 2.42. The lowest BCUT2D eigenvalue weighted by Gasteiger charge is -2.36. The first-order valence-corrected chi connectivity index (χ1v) is 8.87. The third-order valence-corrected chi connectivity index (χ3v) is 5.06. The van der Waals surface area contributed by atoms with Crippen LogP contribution in [0.1, 0.15) is 24.4 Å². The van der Waals surface area contributed by atoms with Crippen molar-refractivity contribution in [2.45, 2.75) is 18.9 Å². The van der Waals surface area contributed by atoms with E-state index in [1.807, 2.05) is 18.5 Å². The van der Waals surface area contributed by atoms with Gasteiger partial charge in [0.25, 0.3) is 0 Å². The van der Waals surface area contributed by atoms with Gasteiger partial charge in [-0.2, -0.15) is 5.26 Å². The van der Waals surface area contributed by atoms with Gasteiger partial charge >= 0.3 is 0 Å². The molecule has 5 rings (SSSR count). The van der Waals surface area contributed by atoms with E-state index in [2.05, 4.69) is 40.4 Å². The Hall–Kier alpha value is -3.21. The normalized spacial score (nSPS) is 17.5. The number of anilines is 2. The highest BCUT2D eigenvalue weighted by Crippen LogP contribution is 2.37. The van der Waals surface area contributed by atoms with Gasteiger partial charge in [-0.3, -0.25) is 0 Å². The molecule has 0 radical (unpaired) electrons. The molecule has 26 heavy (non-hydrogen) atoms. The van der Waals surface area contributed by atoms with E-state index in [4.69, 9.17) is 5.26 Å². The maximum Gasteiger partial charge on any atom is 0.165 e. The number of rotatable bonds is 3. The van der Waals surface area contributed by atoms with E-state index >= 15 is 0 Å². The highest BCUT2D eigenvalue weighted by atomic mass is 15.3. The fourth-order valence-electron chi connectivity index (χ4n) is 3.48. The Morgan fingerprint density at radius 3 is 2.46 bits per heavy atom. The smallest absolute Gasteiger partial charge is 0.165 e. The summed E-state index contributed by atoms with van der Waals surface area (Å²) in [7, 11) is 0. The van der Waals surface area contributed by atoms with Gasteiger partial charge in [-0.1, -0.05) is 0 Å². The van der Waals surface area contributed by atoms with Crippen LogP contribution in [0.5, 0.6) is 0 Å². The molecule has 0 bridgehead atoms. The van der Waals surface area contributed by atoms with Crippen LogP contribution in [0.4, 0.5) is 11.6 Å². The molecule has 2 fully saturated rings. The van der Waals surface area contributed by atoms with Crippen LogP contribution in [-0.2, 0) is 0 Å². The Kier molecular flexibility index (Phi) is 3.45. The maximum atomic E-state index is 8.90. The number of nitriles is 1. The second-order valence-corrected chi connectivity index (χ2v) is 6.74. The molecule has 3 aromatic rings. The summed E-state index contributed by atoms with van der Waals surface area (Å²) < 4.78 is 2.18. The number of aromatic nitrogens is 5. The van der Waals surface area contributed by atoms with E-state index in [0.29, 0.717) is 11.6 Å². The summed E-state index contributed by atoms with van der Waals surface area (Å²) in [6.45, 7) is 3.41. The first-order chi connectivity index (χ1) is 12.8. The van der Waals surface area contributed by atoms with E-state index in [-0.39, 0.29) is 0 Å². The number of imidazole rings is 1. The second-order valence-electron chi connectivity index (χ2n) is 6.74. The van der Waals surface area contributed by atoms with Crippen molar-refractivity contribution in [3.8, 4) is 6.07 Å². The number of fused-ring (bicyclic) bond motifs is 1. The van der Waals surface area contributed by atoms with E-state index < -0.39 is 0 Å². The van der Waals surface area contributed by atoms with Gasteiger partial charge in [-0.05, 0) is 25.0 Å². The zero-order valence-electron chi connectivity index (χ0n) is 14.3. The predicted molar refractivity (Wildman–Crippen MR) is 97.0 cm³/mol. The first kappa shape index (κ1) is 15.1. The van der Waals surface area contributed by atoms with Crippen LogP contribution < -0.4 is 9.80 Å². The fraction of sp³-hybridized carbons (Fsp3) is 0.389. The summed E-state index contributed by atoms with van der Waals surface area (Å²) in [6.07, 6.45) is 7.59. The van der Waals surface area contributed by atoms with Crippen molar-refractivity contribution in [1.29, 1.82) is 5.26 Å². The molecule has 0 atom stereocenters. The molecule has 1 saturated carbocycles. The average Bonchev–Trinajstić information content (AvgIpc) is 3.46. The molecule has 1 saturated heterocycles. The number of pyridine rings is 1. The van der Waals surface area contributed by atoms with Gasteiger partial charge < -0.3 is 14.4 Å². The Labute approximate surface area is 150 Å². The number of hydrogen-bond acceptors (Lipinski definition) is 7. The topological polar surface area (TPSA) is 86.8 Å². The minimum Gasteiger partial charge on any atom is -0.353 e. The highest BCUT2D eigenvalue weighted by molar-refractivity contribution is 5.83. The van der Waals surface area contributed by atoms with Crippen molar-refractivity contribution in [2.24, 2.45) is 0 Å². The molecule has 8 heteroatoms. The molecule has 0 spiro atoms. The Bertz CT molecular complexity index is 975. The minimum absolute atomic E-state index is 0.557. The standard InChI is InChI=1S/C18H18N8/c19-9-13-1-4-15(20-10-13)24-5-7-25(8-6-24)17-16-18(22-11-21-17)26(12-23-16)14-2-3-14/h1,4,10-12,14H,2-3,5-8H2. The van der Waals surface area contributed by atoms with Crippen molar-refractivity contribution in [1.82, 2.24) is 24.5 Å². The zero-order chi connectivity index (χ0) is 17.5. The van der Waals surface area contributed by atoms with Crippen LogP contribution in [0.2, 0.25) is 0 Å². The first-order valence-electron chi connectivity index (χ1n) is 8.87. The molecule has 8 nitrogen and oxygen atoms in total. The van der Waals surface area contributed by atoms with Crippen LogP contribution in [0.15, 0.2) is 31.0 Å². The van der Waals surface area contributed by atoms with Crippen LogP contribution >= 0.6 is 0 Å². The average molecular weight is 346 g/mol. The Balaban J connectivity index is 1.35. The fourth-order valence-corrected chi connectivity index (χ4v) is 3.48. The summed E-state index contributed by atoms with van der Waals surface area (Å²) in [6, 6.07) is 6.39. The summed E-state index contributed by atoms with van der Waals surface area (Å²) in [5.74, 6) is 1.83. The zero-order valence-corrected chi connectivity index (χ0v) is 14.3. The van der Waals surface area contributed by atoms with Crippen LogP contribution in [0, 0.1) is 11.3 Å². The van der Waals surface area contributed by atoms with Crippen LogP contribution in [0.3, 0.4) is 0 Å². The molecule has 2 aliphatic rings. The molecule has 0 amide bonds. The van der Waals surface area contributed by atoms with Crippen LogP contribution in [0.25, 0.3) is 11.2 Å². The molecule has 0 N–H and O–H groups in total. The number of hydrogen-bond donors (Lipinski definition) is 0. The molecule has 4 heterocycles. The highest BCUT2D eigenvalue weighted by Gasteiger charge is 2.28. The van der Waals surface area contributed by atoms with Gasteiger partial charge in [0.2, 0.25) is 0 Å². The lowest BCUT2D eigenvalue weighted by atomic mass is 10.2. The van der Waals surface area contributed by atoms with Crippen molar-refractivity contribution < 1.29 is 0 Å². The Morgan fingerprint density at radius 1 is 0.962 bits per heavy atom. The van der Waals surface area contributed by atoms with Crippen molar-refractivity contribution in [2.75, 3.05) is 36.0 Å². The van der Waals surface area contributed by atoms with E-state index in [1.165, 1.54) is 12.8 Å². The molecule has 1 aliphatic carbocycles. The minimum atomic E-state index is 0.557. The van der Waals surface area contributed by atoms with Gasteiger partial charge in [0.1, 0.15) is 18.2 Å². The molecule has 1 aliphatic heterocycles. The van der Waals surface area contributed by atoms with Gasteiger partial charge in [-0.15, -0.1) is 0 Å². The summed E-state index contributed by atoms with van der Waals surface area (Å²) in [5, 5.41) is 8.90. The van der Waals surface area contributed by atoms with Crippen molar-refractivity contribution in [3.05, 3.63) is 36.5 Å². The molecule has 3 aromatic heterocycles. The molecule has 0 unspecified atom stereocenters. The summed E-state index contributed by atoms with van der Waals surface area (Å²) >= 11 is 0. The molecular formula is C18H18N8. The van der Waals surface area contributed by atoms with Gasteiger partial charge in [0.05, 0.1) is 11.9 Å². The largest absolute Gasteiger partial charge is 0.353 e. The van der Waals surface area contributed by atoms with Gasteiger partial charge in [0, 0.05) is 38.4 Å². The lowest BCUT2D eigenvalue weighted by Crippen LogP contribution is -2.47. The van der Waals surface area contributed by atoms with E-state index in [1.54, 1.807) is 12.5 Å². The molecule has 130 valence electrons. The number of nitrogens with zero attached hydrogens (tertiary/aromatic N) is 8. The van der Waals surface area contributed by atoms with Gasteiger partial charge in [-0.25, -0.2) is 19.9 Å². The summed E-state index contributed by atoms with van der Waals surface area (Å²) in [4.78, 5) is 22.5.